The Morgan fingerprint density at radius 3 is 2.59 bits per heavy atom. The second kappa shape index (κ2) is 10.1. The van der Waals surface area contributed by atoms with Crippen LogP contribution < -0.4 is 10.6 Å². The van der Waals surface area contributed by atoms with Gasteiger partial charge in [0.15, 0.2) is 0 Å². The Bertz CT molecular complexity index is 1020. The first kappa shape index (κ1) is 23.7. The number of hydrogen-bond donors (Lipinski definition) is 2. The third kappa shape index (κ3) is 5.11. The fourth-order valence-electron chi connectivity index (χ4n) is 3.54. The highest BCUT2D eigenvalue weighted by Crippen LogP contribution is 2.35. The zero-order valence-electron chi connectivity index (χ0n) is 18.4. The monoisotopic (exact) mass is 458 g/mol. The molecular weight excluding hydrogens is 431 g/mol. The van der Waals surface area contributed by atoms with Crippen molar-refractivity contribution >= 4 is 28.9 Å². The molecule has 1 unspecified atom stereocenters. The number of carbonyl (C=O) groups excluding carboxylic acids is 3. The van der Waals surface area contributed by atoms with E-state index < -0.39 is 17.9 Å². The Hall–Kier alpha value is -2.91. The standard InChI is InChI=1S/C23H27FN4O3S/c1-13(2)19(27-21(30)14(3)25-4)23(31)28-11-5-6-18(28)22-26-17(12-32-22)20(29)15-7-9-16(24)10-8-15/h7-10,12,14,18-19,25H,1,5-6,11H2,2-4H3,(H,27,30)/t14-,18-,19?/m0/s1. The summed E-state index contributed by atoms with van der Waals surface area (Å²) < 4.78 is 13.1. The number of amides is 2. The number of nitrogens with one attached hydrogen (secondary N) is 2. The minimum absolute atomic E-state index is 0.238. The number of halogens is 1. The number of carbonyl (C=O) groups is 3. The fraction of sp³-hybridized carbons (Fsp3) is 0.391. The summed E-state index contributed by atoms with van der Waals surface area (Å²) >= 11 is 1.32. The maximum Gasteiger partial charge on any atom is 0.250 e. The summed E-state index contributed by atoms with van der Waals surface area (Å²) in [7, 11) is 1.67. The summed E-state index contributed by atoms with van der Waals surface area (Å²) in [5, 5.41) is 7.95. The second-order valence-electron chi connectivity index (χ2n) is 7.89. The molecule has 2 amide bonds. The Morgan fingerprint density at radius 1 is 1.28 bits per heavy atom. The van der Waals surface area contributed by atoms with E-state index in [1.165, 1.54) is 35.6 Å². The molecule has 3 rings (SSSR count). The molecule has 3 atom stereocenters. The number of rotatable bonds is 8. The Labute approximate surface area is 190 Å². The zero-order chi connectivity index (χ0) is 23.4. The molecule has 0 radical (unpaired) electrons. The van der Waals surface area contributed by atoms with Crippen LogP contribution >= 0.6 is 11.3 Å². The van der Waals surface area contributed by atoms with Crippen LogP contribution in [0.25, 0.3) is 0 Å². The SMILES string of the molecule is C=C(C)C(NC(=O)[C@H](C)NC)C(=O)N1CCC[C@H]1c1nc(C(=O)c2ccc(F)cc2)cs1. The van der Waals surface area contributed by atoms with Crippen molar-refractivity contribution < 1.29 is 18.8 Å². The Kier molecular flexibility index (Phi) is 7.52. The van der Waals surface area contributed by atoms with E-state index in [4.69, 9.17) is 0 Å². The lowest BCUT2D eigenvalue weighted by atomic mass is 10.1. The summed E-state index contributed by atoms with van der Waals surface area (Å²) in [4.78, 5) is 44.5. The summed E-state index contributed by atoms with van der Waals surface area (Å²) in [5.41, 5.74) is 1.17. The Morgan fingerprint density at radius 2 is 1.97 bits per heavy atom. The van der Waals surface area contributed by atoms with Crippen LogP contribution in [-0.2, 0) is 9.59 Å². The van der Waals surface area contributed by atoms with Crippen molar-refractivity contribution in [2.24, 2.45) is 0 Å². The molecule has 0 saturated carbocycles. The first-order valence-electron chi connectivity index (χ1n) is 10.4. The lowest BCUT2D eigenvalue weighted by Gasteiger charge is -2.29. The van der Waals surface area contributed by atoms with Gasteiger partial charge in [-0.2, -0.15) is 0 Å². The van der Waals surface area contributed by atoms with E-state index in [1.807, 2.05) is 0 Å². The number of ketones is 1. The van der Waals surface area contributed by atoms with Gasteiger partial charge in [0, 0.05) is 17.5 Å². The first-order valence-corrected chi connectivity index (χ1v) is 11.3. The van der Waals surface area contributed by atoms with Gasteiger partial charge in [-0.05, 0) is 63.6 Å². The van der Waals surface area contributed by atoms with E-state index in [0.29, 0.717) is 29.1 Å². The van der Waals surface area contributed by atoms with Crippen LogP contribution in [0.5, 0.6) is 0 Å². The third-order valence-electron chi connectivity index (χ3n) is 5.53. The summed E-state index contributed by atoms with van der Waals surface area (Å²) in [6.07, 6.45) is 1.51. The van der Waals surface area contributed by atoms with Gasteiger partial charge in [0.25, 0.3) is 0 Å². The number of nitrogens with zero attached hydrogens (tertiary/aromatic N) is 2. The van der Waals surface area contributed by atoms with Crippen molar-refractivity contribution in [1.82, 2.24) is 20.5 Å². The van der Waals surface area contributed by atoms with Gasteiger partial charge in [0.1, 0.15) is 22.6 Å². The molecule has 1 saturated heterocycles. The van der Waals surface area contributed by atoms with Crippen molar-refractivity contribution in [1.29, 1.82) is 0 Å². The third-order valence-corrected chi connectivity index (χ3v) is 6.48. The maximum absolute atomic E-state index is 13.3. The molecule has 170 valence electrons. The highest BCUT2D eigenvalue weighted by atomic mass is 32.1. The van der Waals surface area contributed by atoms with E-state index >= 15 is 0 Å². The van der Waals surface area contributed by atoms with Crippen molar-refractivity contribution in [3.63, 3.8) is 0 Å². The highest BCUT2D eigenvalue weighted by Gasteiger charge is 2.37. The molecule has 1 aromatic heterocycles. The van der Waals surface area contributed by atoms with Gasteiger partial charge in [-0.25, -0.2) is 9.37 Å². The Balaban J connectivity index is 1.78. The molecule has 2 heterocycles. The molecule has 0 spiro atoms. The van der Waals surface area contributed by atoms with Crippen LogP contribution in [0.2, 0.25) is 0 Å². The van der Waals surface area contributed by atoms with Gasteiger partial charge in [-0.15, -0.1) is 11.3 Å². The summed E-state index contributed by atoms with van der Waals surface area (Å²) in [6, 6.07) is 3.76. The fourth-order valence-corrected chi connectivity index (χ4v) is 4.49. The van der Waals surface area contributed by atoms with Gasteiger partial charge in [0.2, 0.25) is 17.6 Å². The molecule has 2 aromatic rings. The number of benzene rings is 1. The predicted molar refractivity (Wildman–Crippen MR) is 121 cm³/mol. The number of aromatic nitrogens is 1. The number of likely N-dealkylation sites (N-methyl/N-ethyl adjacent to an activating group) is 1. The van der Waals surface area contributed by atoms with E-state index in [1.54, 1.807) is 31.2 Å². The van der Waals surface area contributed by atoms with E-state index in [9.17, 15) is 18.8 Å². The quantitative estimate of drug-likeness (QED) is 0.469. The van der Waals surface area contributed by atoms with Crippen LogP contribution in [0.15, 0.2) is 41.8 Å². The molecular formula is C23H27FN4O3S. The van der Waals surface area contributed by atoms with Crippen molar-refractivity contribution in [3.8, 4) is 0 Å². The zero-order valence-corrected chi connectivity index (χ0v) is 19.2. The van der Waals surface area contributed by atoms with Crippen molar-refractivity contribution in [2.75, 3.05) is 13.6 Å². The maximum atomic E-state index is 13.3. The first-order chi connectivity index (χ1) is 15.2. The lowest BCUT2D eigenvalue weighted by molar-refractivity contribution is -0.136. The molecule has 1 fully saturated rings. The van der Waals surface area contributed by atoms with Crippen molar-refractivity contribution in [2.45, 2.75) is 44.8 Å². The molecule has 32 heavy (non-hydrogen) atoms. The van der Waals surface area contributed by atoms with E-state index in [-0.39, 0.29) is 29.3 Å². The predicted octanol–water partition coefficient (Wildman–Crippen LogP) is 2.85. The normalized spacial score (nSPS) is 17.6. The van der Waals surface area contributed by atoms with E-state index in [0.717, 1.165) is 6.42 Å². The molecule has 0 bridgehead atoms. The molecule has 2 N–H and O–H groups in total. The summed E-state index contributed by atoms with van der Waals surface area (Å²) in [6.45, 7) is 7.84. The smallest absolute Gasteiger partial charge is 0.250 e. The van der Waals surface area contributed by atoms with Crippen molar-refractivity contribution in [3.05, 3.63) is 63.9 Å². The minimum Gasteiger partial charge on any atom is -0.339 e. The van der Waals surface area contributed by atoms with Gasteiger partial charge in [0.05, 0.1) is 12.1 Å². The molecule has 1 aromatic carbocycles. The van der Waals surface area contributed by atoms with Crippen LogP contribution in [0.4, 0.5) is 4.39 Å². The van der Waals surface area contributed by atoms with Crippen LogP contribution in [0.1, 0.15) is 53.8 Å². The average Bonchev–Trinajstić information content (AvgIpc) is 3.45. The average molecular weight is 459 g/mol. The second-order valence-corrected chi connectivity index (χ2v) is 8.78. The molecule has 0 aliphatic carbocycles. The molecule has 1 aliphatic rings. The minimum atomic E-state index is -0.834. The van der Waals surface area contributed by atoms with Gasteiger partial charge < -0.3 is 15.5 Å². The van der Waals surface area contributed by atoms with Gasteiger partial charge in [-0.1, -0.05) is 6.58 Å². The van der Waals surface area contributed by atoms with Crippen LogP contribution in [0, 0.1) is 5.82 Å². The van der Waals surface area contributed by atoms with Crippen LogP contribution in [-0.4, -0.2) is 53.2 Å². The number of likely N-dealkylation sites (tertiary alicyclic amines) is 1. The molecule has 1 aliphatic heterocycles. The van der Waals surface area contributed by atoms with Gasteiger partial charge in [-0.3, -0.25) is 14.4 Å². The lowest BCUT2D eigenvalue weighted by Crippen LogP contribution is -2.52. The highest BCUT2D eigenvalue weighted by molar-refractivity contribution is 7.10. The molecule has 7 nitrogen and oxygen atoms in total. The van der Waals surface area contributed by atoms with Crippen LogP contribution in [0.3, 0.4) is 0 Å². The van der Waals surface area contributed by atoms with Gasteiger partial charge >= 0.3 is 0 Å². The van der Waals surface area contributed by atoms with E-state index in [2.05, 4.69) is 22.2 Å². The number of thiazole rings is 1. The summed E-state index contributed by atoms with van der Waals surface area (Å²) in [5.74, 6) is -1.23. The largest absolute Gasteiger partial charge is 0.339 e. The molecule has 9 heteroatoms. The topological polar surface area (TPSA) is 91.4 Å². The number of hydrogen-bond acceptors (Lipinski definition) is 6.